The number of fused-ring (bicyclic) bond motifs is 1. The van der Waals surface area contributed by atoms with Crippen molar-refractivity contribution in [2.45, 2.75) is 13.0 Å². The average Bonchev–Trinajstić information content (AvgIpc) is 3.49. The van der Waals surface area contributed by atoms with Crippen molar-refractivity contribution in [1.82, 2.24) is 24.4 Å². The van der Waals surface area contributed by atoms with Crippen molar-refractivity contribution < 1.29 is 14.3 Å². The van der Waals surface area contributed by atoms with Crippen LogP contribution in [0.15, 0.2) is 47.1 Å². The van der Waals surface area contributed by atoms with Crippen LogP contribution in [-0.2, 0) is 4.79 Å². The largest absolute Gasteiger partial charge is 0.492 e. The molecule has 5 rings (SSSR count). The molecule has 4 aromatic rings. The van der Waals surface area contributed by atoms with Crippen LogP contribution in [0.25, 0.3) is 16.5 Å². The lowest BCUT2D eigenvalue weighted by Gasteiger charge is -2.38. The van der Waals surface area contributed by atoms with Crippen molar-refractivity contribution in [3.8, 4) is 17.5 Å². The van der Waals surface area contributed by atoms with Gasteiger partial charge in [0, 0.05) is 38.1 Å². The highest BCUT2D eigenvalue weighted by molar-refractivity contribution is 7.17. The minimum Gasteiger partial charge on any atom is -0.492 e. The fraction of sp³-hybridized carbons (Fsp3) is 0.286. The molecule has 1 atom stereocenters. The van der Waals surface area contributed by atoms with Gasteiger partial charge >= 0.3 is 0 Å². The number of aromatic hydroxyl groups is 1. The van der Waals surface area contributed by atoms with Gasteiger partial charge in [-0.15, -0.1) is 5.10 Å². The zero-order chi connectivity index (χ0) is 21.5. The number of thiazole rings is 1. The number of halogens is 1. The molecule has 160 valence electrons. The summed E-state index contributed by atoms with van der Waals surface area (Å²) in [6.07, 6.45) is 1.56. The number of benzene rings is 1. The first-order valence-corrected chi connectivity index (χ1v) is 11.1. The third-order valence-corrected chi connectivity index (χ3v) is 6.82. The van der Waals surface area contributed by atoms with E-state index in [0.717, 1.165) is 10.4 Å². The van der Waals surface area contributed by atoms with Crippen LogP contribution in [0, 0.1) is 0 Å². The van der Waals surface area contributed by atoms with Crippen LogP contribution in [0.4, 0.5) is 0 Å². The predicted molar refractivity (Wildman–Crippen MR) is 117 cm³/mol. The van der Waals surface area contributed by atoms with Crippen LogP contribution in [0.1, 0.15) is 23.4 Å². The van der Waals surface area contributed by atoms with Gasteiger partial charge in [-0.1, -0.05) is 35.1 Å². The summed E-state index contributed by atoms with van der Waals surface area (Å²) in [6.45, 7) is 4.26. The number of carbonyl (C=O) groups is 1. The number of furan rings is 1. The summed E-state index contributed by atoms with van der Waals surface area (Å²) in [7, 11) is 0. The van der Waals surface area contributed by atoms with E-state index in [4.69, 9.17) is 16.0 Å². The van der Waals surface area contributed by atoms with Gasteiger partial charge < -0.3 is 14.4 Å². The maximum absolute atomic E-state index is 11.7. The summed E-state index contributed by atoms with van der Waals surface area (Å²) in [4.78, 5) is 21.7. The molecule has 8 nitrogen and oxygen atoms in total. The molecule has 0 bridgehead atoms. The maximum Gasteiger partial charge on any atom is 0.230 e. The molecule has 0 spiro atoms. The minimum atomic E-state index is -0.202. The van der Waals surface area contributed by atoms with Crippen LogP contribution >= 0.6 is 22.9 Å². The summed E-state index contributed by atoms with van der Waals surface area (Å²) in [6, 6.07) is 11.0. The minimum absolute atomic E-state index is 0.0549. The summed E-state index contributed by atoms with van der Waals surface area (Å²) < 4.78 is 6.82. The van der Waals surface area contributed by atoms with E-state index >= 15 is 0 Å². The smallest absolute Gasteiger partial charge is 0.230 e. The normalized spacial score (nSPS) is 16.1. The molecule has 10 heteroatoms. The number of piperazine rings is 1. The van der Waals surface area contributed by atoms with Crippen molar-refractivity contribution >= 4 is 33.8 Å². The molecule has 0 unspecified atom stereocenters. The standard InChI is InChI=1S/C21H20ClN5O3S/c1-13(28)25-8-10-26(11-9-25)17(14-4-6-15(22)7-5-14)18-20(29)27-21(31-18)23-19(24-27)16-3-2-12-30-16/h2-7,12,17,29H,8-11H2,1H3/t17-/m0/s1. The van der Waals surface area contributed by atoms with Gasteiger partial charge in [0.1, 0.15) is 0 Å². The molecule has 1 N–H and O–H groups in total. The number of nitrogens with zero attached hydrogens (tertiary/aromatic N) is 5. The van der Waals surface area contributed by atoms with Gasteiger partial charge in [-0.05, 0) is 29.8 Å². The molecule has 1 aliphatic rings. The fourth-order valence-corrected chi connectivity index (χ4v) is 5.15. The number of aromatic nitrogens is 3. The van der Waals surface area contributed by atoms with Crippen LogP contribution in [0.2, 0.25) is 5.02 Å². The van der Waals surface area contributed by atoms with Gasteiger partial charge in [-0.2, -0.15) is 9.50 Å². The first-order chi connectivity index (χ1) is 15.0. The molecule has 1 amide bonds. The Morgan fingerprint density at radius 2 is 1.94 bits per heavy atom. The first kappa shape index (κ1) is 20.0. The molecule has 1 fully saturated rings. The lowest BCUT2D eigenvalue weighted by atomic mass is 10.0. The quantitative estimate of drug-likeness (QED) is 0.503. The Labute approximate surface area is 187 Å². The van der Waals surface area contributed by atoms with Gasteiger partial charge in [-0.3, -0.25) is 9.69 Å². The molecule has 0 radical (unpaired) electrons. The van der Waals surface area contributed by atoms with Gasteiger partial charge in [0.05, 0.1) is 17.2 Å². The Kier molecular flexibility index (Phi) is 5.17. The third-order valence-electron chi connectivity index (χ3n) is 5.50. The van der Waals surface area contributed by atoms with E-state index < -0.39 is 0 Å². The van der Waals surface area contributed by atoms with Crippen molar-refractivity contribution in [1.29, 1.82) is 0 Å². The van der Waals surface area contributed by atoms with Gasteiger partial charge in [0.15, 0.2) is 5.76 Å². The van der Waals surface area contributed by atoms with E-state index in [2.05, 4.69) is 15.0 Å². The molecule has 1 aromatic carbocycles. The maximum atomic E-state index is 11.7. The van der Waals surface area contributed by atoms with Crippen molar-refractivity contribution in [2.24, 2.45) is 0 Å². The van der Waals surface area contributed by atoms with Crippen LogP contribution in [-0.4, -0.2) is 61.6 Å². The predicted octanol–water partition coefficient (Wildman–Crippen LogP) is 3.66. The Balaban J connectivity index is 1.54. The molecular formula is C21H20ClN5O3S. The van der Waals surface area contributed by atoms with E-state index in [0.29, 0.717) is 47.7 Å². The second-order valence-electron chi connectivity index (χ2n) is 7.39. The van der Waals surface area contributed by atoms with Gasteiger partial charge in [0.25, 0.3) is 0 Å². The zero-order valence-corrected chi connectivity index (χ0v) is 18.3. The molecule has 0 aliphatic carbocycles. The lowest BCUT2D eigenvalue weighted by molar-refractivity contribution is -0.130. The Morgan fingerprint density at radius 3 is 2.55 bits per heavy atom. The van der Waals surface area contributed by atoms with Gasteiger partial charge in [0.2, 0.25) is 22.6 Å². The molecule has 1 saturated heterocycles. The van der Waals surface area contributed by atoms with Gasteiger partial charge in [-0.25, -0.2) is 0 Å². The Morgan fingerprint density at radius 1 is 1.19 bits per heavy atom. The zero-order valence-electron chi connectivity index (χ0n) is 16.7. The summed E-state index contributed by atoms with van der Waals surface area (Å²) >= 11 is 7.50. The number of carbonyl (C=O) groups excluding carboxylic acids is 1. The molecule has 4 heterocycles. The highest BCUT2D eigenvalue weighted by Crippen LogP contribution is 2.41. The van der Waals surface area contributed by atoms with E-state index in [1.165, 1.54) is 15.9 Å². The second kappa shape index (κ2) is 7.99. The Bertz CT molecular complexity index is 1210. The molecular weight excluding hydrogens is 438 g/mol. The van der Waals surface area contributed by atoms with Crippen LogP contribution in [0.5, 0.6) is 5.88 Å². The van der Waals surface area contributed by atoms with E-state index in [1.54, 1.807) is 25.3 Å². The molecule has 31 heavy (non-hydrogen) atoms. The highest BCUT2D eigenvalue weighted by Gasteiger charge is 2.32. The summed E-state index contributed by atoms with van der Waals surface area (Å²) in [5.74, 6) is 1.11. The monoisotopic (exact) mass is 457 g/mol. The lowest BCUT2D eigenvalue weighted by Crippen LogP contribution is -2.49. The molecule has 0 saturated carbocycles. The van der Waals surface area contributed by atoms with Crippen LogP contribution < -0.4 is 0 Å². The topological polar surface area (TPSA) is 87.1 Å². The van der Waals surface area contributed by atoms with Crippen LogP contribution in [0.3, 0.4) is 0 Å². The molecule has 1 aliphatic heterocycles. The first-order valence-electron chi connectivity index (χ1n) is 9.88. The van der Waals surface area contributed by atoms with E-state index in [1.807, 2.05) is 29.2 Å². The number of hydrogen-bond donors (Lipinski definition) is 1. The number of rotatable bonds is 4. The van der Waals surface area contributed by atoms with Crippen molar-refractivity contribution in [3.63, 3.8) is 0 Å². The van der Waals surface area contributed by atoms with Crippen molar-refractivity contribution in [3.05, 3.63) is 58.1 Å². The number of hydrogen-bond acceptors (Lipinski definition) is 7. The average molecular weight is 458 g/mol. The SMILES string of the molecule is CC(=O)N1CCN([C@@H](c2ccc(Cl)cc2)c2sc3nc(-c4ccco4)nn3c2O)CC1. The highest BCUT2D eigenvalue weighted by atomic mass is 35.5. The number of amides is 1. The summed E-state index contributed by atoms with van der Waals surface area (Å²) in [5, 5.41) is 16.2. The van der Waals surface area contributed by atoms with E-state index in [9.17, 15) is 9.90 Å². The second-order valence-corrected chi connectivity index (χ2v) is 8.84. The van der Waals surface area contributed by atoms with E-state index in [-0.39, 0.29) is 17.8 Å². The van der Waals surface area contributed by atoms with Crippen molar-refractivity contribution in [2.75, 3.05) is 26.2 Å². The fourth-order valence-electron chi connectivity index (χ4n) is 3.91. The third kappa shape index (κ3) is 3.69. The summed E-state index contributed by atoms with van der Waals surface area (Å²) in [5.41, 5.74) is 1.01. The Hall–Kier alpha value is -2.88. The molecule has 3 aromatic heterocycles.